The summed E-state index contributed by atoms with van der Waals surface area (Å²) in [6.45, 7) is 12.0. The van der Waals surface area contributed by atoms with E-state index in [4.69, 9.17) is 4.99 Å². The molecule has 3 heteroatoms. The summed E-state index contributed by atoms with van der Waals surface area (Å²) in [6, 6.07) is 4.46. The number of amidine groups is 1. The fraction of sp³-hybridized carbons (Fsp3) is 0.588. The maximum absolute atomic E-state index is 4.79. The molecule has 0 saturated heterocycles. The number of aliphatic imine (C=N–C) groups is 1. The van der Waals surface area contributed by atoms with Crippen molar-refractivity contribution in [2.24, 2.45) is 10.4 Å². The zero-order valence-corrected chi connectivity index (χ0v) is 14.2. The molecule has 110 valence electrons. The Balaban J connectivity index is 2.15. The number of hydrogen-bond acceptors (Lipinski definition) is 3. The van der Waals surface area contributed by atoms with Crippen LogP contribution in [0, 0.1) is 26.2 Å². The topological polar surface area (TPSA) is 24.4 Å². The van der Waals surface area contributed by atoms with Crippen LogP contribution in [-0.2, 0) is 0 Å². The molecule has 1 heterocycles. The Hall–Kier alpha value is -0.960. The summed E-state index contributed by atoms with van der Waals surface area (Å²) in [5.41, 5.74) is 5.55. The summed E-state index contributed by atoms with van der Waals surface area (Å²) in [5, 5.41) is 4.62. The first kappa shape index (κ1) is 15.4. The molecule has 1 aliphatic rings. The molecule has 0 aromatic heterocycles. The quantitative estimate of drug-likeness (QED) is 0.853. The second-order valence-electron chi connectivity index (χ2n) is 6.02. The highest BCUT2D eigenvalue weighted by Crippen LogP contribution is 2.36. The van der Waals surface area contributed by atoms with Crippen LogP contribution in [0.2, 0.25) is 0 Å². The molecule has 0 atom stereocenters. The minimum Gasteiger partial charge on any atom is -0.335 e. The Kier molecular flexibility index (Phi) is 4.79. The van der Waals surface area contributed by atoms with Crippen LogP contribution in [0.15, 0.2) is 17.1 Å². The molecule has 0 saturated carbocycles. The molecule has 1 aromatic rings. The molecule has 0 aliphatic carbocycles. The molecule has 20 heavy (non-hydrogen) atoms. The highest BCUT2D eigenvalue weighted by Gasteiger charge is 2.30. The molecule has 1 aliphatic heterocycles. The van der Waals surface area contributed by atoms with Crippen LogP contribution in [0.1, 0.15) is 43.4 Å². The van der Waals surface area contributed by atoms with Gasteiger partial charge in [-0.3, -0.25) is 4.99 Å². The Bertz CT molecular complexity index is 493. The molecule has 1 N–H and O–H groups in total. The van der Waals surface area contributed by atoms with E-state index < -0.39 is 0 Å². The van der Waals surface area contributed by atoms with Gasteiger partial charge in [0.15, 0.2) is 5.17 Å². The second kappa shape index (κ2) is 6.21. The SMILES string of the molecule is CCC1(CC)CN=C(Nc2c(C)cc(C)cc2C)SC1. The van der Waals surface area contributed by atoms with Crippen molar-refractivity contribution in [2.45, 2.75) is 47.5 Å². The highest BCUT2D eigenvalue weighted by molar-refractivity contribution is 8.14. The van der Waals surface area contributed by atoms with Crippen molar-refractivity contribution in [1.29, 1.82) is 0 Å². The third-order valence-electron chi connectivity index (χ3n) is 4.48. The van der Waals surface area contributed by atoms with Gasteiger partial charge < -0.3 is 5.32 Å². The van der Waals surface area contributed by atoms with E-state index in [0.29, 0.717) is 5.41 Å². The van der Waals surface area contributed by atoms with Crippen LogP contribution >= 0.6 is 11.8 Å². The maximum atomic E-state index is 4.79. The minimum atomic E-state index is 0.410. The first-order valence-electron chi connectivity index (χ1n) is 7.52. The van der Waals surface area contributed by atoms with Crippen LogP contribution < -0.4 is 5.32 Å². The minimum absolute atomic E-state index is 0.410. The molecule has 0 amide bonds. The number of anilines is 1. The number of nitrogens with one attached hydrogen (secondary N) is 1. The Morgan fingerprint density at radius 1 is 1.15 bits per heavy atom. The Morgan fingerprint density at radius 3 is 2.20 bits per heavy atom. The van der Waals surface area contributed by atoms with Gasteiger partial charge in [0.05, 0.1) is 0 Å². The van der Waals surface area contributed by atoms with E-state index in [1.54, 1.807) is 0 Å². The van der Waals surface area contributed by atoms with E-state index in [-0.39, 0.29) is 0 Å². The summed E-state index contributed by atoms with van der Waals surface area (Å²) in [7, 11) is 0. The standard InChI is InChI=1S/C17H26N2S/c1-6-17(7-2)10-18-16(20-11-17)19-15-13(4)8-12(3)9-14(15)5/h8-9H,6-7,10-11H2,1-5H3,(H,18,19). The van der Waals surface area contributed by atoms with Crippen LogP contribution in [0.3, 0.4) is 0 Å². The van der Waals surface area contributed by atoms with E-state index >= 15 is 0 Å². The summed E-state index contributed by atoms with van der Waals surface area (Å²) in [4.78, 5) is 4.79. The third-order valence-corrected chi connectivity index (χ3v) is 5.74. The molecule has 0 radical (unpaired) electrons. The molecule has 0 bridgehead atoms. The predicted molar refractivity (Wildman–Crippen MR) is 92.1 cm³/mol. The van der Waals surface area contributed by atoms with E-state index in [1.807, 2.05) is 11.8 Å². The van der Waals surface area contributed by atoms with E-state index in [9.17, 15) is 0 Å². The third kappa shape index (κ3) is 3.20. The lowest BCUT2D eigenvalue weighted by molar-refractivity contribution is 0.318. The zero-order chi connectivity index (χ0) is 14.8. The number of aryl methyl sites for hydroxylation is 3. The van der Waals surface area contributed by atoms with Crippen molar-refractivity contribution in [3.8, 4) is 0 Å². The normalized spacial score (nSPS) is 17.8. The Labute approximate surface area is 127 Å². The highest BCUT2D eigenvalue weighted by atomic mass is 32.2. The average Bonchev–Trinajstić information content (AvgIpc) is 2.43. The van der Waals surface area contributed by atoms with Gasteiger partial charge in [-0.1, -0.05) is 43.3 Å². The van der Waals surface area contributed by atoms with Gasteiger partial charge in [0.1, 0.15) is 0 Å². The number of nitrogens with zero attached hydrogens (tertiary/aromatic N) is 1. The van der Waals surface area contributed by atoms with Gasteiger partial charge in [-0.2, -0.15) is 0 Å². The van der Waals surface area contributed by atoms with E-state index in [2.05, 4.69) is 52.1 Å². The van der Waals surface area contributed by atoms with Gasteiger partial charge in [-0.15, -0.1) is 0 Å². The first-order chi connectivity index (χ1) is 9.49. The van der Waals surface area contributed by atoms with Gasteiger partial charge in [0, 0.05) is 18.0 Å². The van der Waals surface area contributed by atoms with Crippen LogP contribution in [0.4, 0.5) is 5.69 Å². The molecule has 0 unspecified atom stereocenters. The summed E-state index contributed by atoms with van der Waals surface area (Å²) < 4.78 is 0. The van der Waals surface area contributed by atoms with E-state index in [1.165, 1.54) is 41.0 Å². The fourth-order valence-corrected chi connectivity index (χ4v) is 4.06. The Morgan fingerprint density at radius 2 is 1.75 bits per heavy atom. The lowest BCUT2D eigenvalue weighted by atomic mass is 9.84. The second-order valence-corrected chi connectivity index (χ2v) is 6.98. The summed E-state index contributed by atoms with van der Waals surface area (Å²) in [5.74, 6) is 1.18. The molecule has 0 spiro atoms. The number of rotatable bonds is 3. The zero-order valence-electron chi connectivity index (χ0n) is 13.3. The fourth-order valence-electron chi connectivity index (χ4n) is 2.79. The number of hydrogen-bond donors (Lipinski definition) is 1. The van der Waals surface area contributed by atoms with Gasteiger partial charge in [0.2, 0.25) is 0 Å². The van der Waals surface area contributed by atoms with Gasteiger partial charge >= 0.3 is 0 Å². The van der Waals surface area contributed by atoms with Crippen LogP contribution in [0.25, 0.3) is 0 Å². The monoisotopic (exact) mass is 290 g/mol. The van der Waals surface area contributed by atoms with Gasteiger partial charge in [0.25, 0.3) is 0 Å². The van der Waals surface area contributed by atoms with Crippen molar-refractivity contribution in [3.05, 3.63) is 28.8 Å². The average molecular weight is 290 g/mol. The van der Waals surface area contributed by atoms with Crippen molar-refractivity contribution < 1.29 is 0 Å². The maximum Gasteiger partial charge on any atom is 0.161 e. The lowest BCUT2D eigenvalue weighted by Gasteiger charge is -2.33. The van der Waals surface area contributed by atoms with Crippen molar-refractivity contribution in [3.63, 3.8) is 0 Å². The molecular weight excluding hydrogens is 264 g/mol. The van der Waals surface area contributed by atoms with Crippen LogP contribution in [0.5, 0.6) is 0 Å². The lowest BCUT2D eigenvalue weighted by Crippen LogP contribution is -2.32. The van der Waals surface area contributed by atoms with Gasteiger partial charge in [-0.25, -0.2) is 0 Å². The largest absolute Gasteiger partial charge is 0.335 e. The van der Waals surface area contributed by atoms with Gasteiger partial charge in [-0.05, 0) is 50.2 Å². The molecule has 1 aromatic carbocycles. The molecular formula is C17H26N2S. The van der Waals surface area contributed by atoms with E-state index in [0.717, 1.165) is 11.7 Å². The molecule has 0 fully saturated rings. The van der Waals surface area contributed by atoms with Crippen LogP contribution in [-0.4, -0.2) is 17.5 Å². The summed E-state index contributed by atoms with van der Waals surface area (Å²) in [6.07, 6.45) is 2.44. The first-order valence-corrected chi connectivity index (χ1v) is 8.50. The summed E-state index contributed by atoms with van der Waals surface area (Å²) >= 11 is 1.87. The van der Waals surface area contributed by atoms with Crippen molar-refractivity contribution in [2.75, 3.05) is 17.6 Å². The van der Waals surface area contributed by atoms with Crippen molar-refractivity contribution in [1.82, 2.24) is 0 Å². The predicted octanol–water partition coefficient (Wildman–Crippen LogP) is 4.93. The molecule has 2 nitrogen and oxygen atoms in total. The molecule has 2 rings (SSSR count). The number of benzene rings is 1. The van der Waals surface area contributed by atoms with Crippen molar-refractivity contribution >= 4 is 22.6 Å². The number of thioether (sulfide) groups is 1. The smallest absolute Gasteiger partial charge is 0.161 e.